The van der Waals surface area contributed by atoms with Gasteiger partial charge in [-0.2, -0.15) is 0 Å². The molecule has 1 aliphatic carbocycles. The first-order chi connectivity index (χ1) is 13.1. The van der Waals surface area contributed by atoms with Crippen LogP contribution in [0.4, 0.5) is 5.82 Å². The van der Waals surface area contributed by atoms with Crippen molar-refractivity contribution in [2.24, 2.45) is 0 Å². The molecule has 0 bridgehead atoms. The van der Waals surface area contributed by atoms with E-state index in [1.54, 1.807) is 11.1 Å². The summed E-state index contributed by atoms with van der Waals surface area (Å²) in [4.78, 5) is 45.1. The molecule has 0 spiro atoms. The van der Waals surface area contributed by atoms with E-state index in [0.717, 1.165) is 18.5 Å². The second-order valence-electron chi connectivity index (χ2n) is 6.85. The Balaban J connectivity index is 1.59. The number of nitrogens with one attached hydrogen (secondary N) is 1. The van der Waals surface area contributed by atoms with E-state index >= 15 is 0 Å². The van der Waals surface area contributed by atoms with Gasteiger partial charge in [-0.1, -0.05) is 12.6 Å². The smallest absolute Gasteiger partial charge is 0.251 e. The zero-order chi connectivity index (χ0) is 19.0. The molecule has 8 nitrogen and oxygen atoms in total. The normalized spacial score (nSPS) is 20.0. The first-order valence-corrected chi connectivity index (χ1v) is 9.04. The van der Waals surface area contributed by atoms with Crippen molar-refractivity contribution in [1.82, 2.24) is 19.6 Å². The van der Waals surface area contributed by atoms with Crippen LogP contribution in [0, 0.1) is 0 Å². The number of amides is 3. The van der Waals surface area contributed by atoms with E-state index < -0.39 is 6.04 Å². The van der Waals surface area contributed by atoms with Crippen molar-refractivity contribution in [3.8, 4) is 0 Å². The largest absolute Gasteiger partial charge is 0.353 e. The number of fused-ring (bicyclic) bond motifs is 1. The molecule has 1 saturated heterocycles. The van der Waals surface area contributed by atoms with E-state index in [-0.39, 0.29) is 30.2 Å². The molecular formula is C19H21N5O3. The summed E-state index contributed by atoms with van der Waals surface area (Å²) in [5.74, 6) is -0.341. The van der Waals surface area contributed by atoms with Crippen molar-refractivity contribution < 1.29 is 14.4 Å². The second kappa shape index (κ2) is 6.86. The minimum atomic E-state index is -0.854. The fourth-order valence-corrected chi connectivity index (χ4v) is 3.33. The van der Waals surface area contributed by atoms with Gasteiger partial charge in [-0.15, -0.1) is 0 Å². The average molecular weight is 367 g/mol. The maximum atomic E-state index is 13.1. The summed E-state index contributed by atoms with van der Waals surface area (Å²) in [6.45, 7) is 4.15. The van der Waals surface area contributed by atoms with E-state index in [1.807, 2.05) is 28.8 Å². The van der Waals surface area contributed by atoms with Gasteiger partial charge in [-0.05, 0) is 31.1 Å². The highest BCUT2D eigenvalue weighted by Gasteiger charge is 2.40. The summed E-state index contributed by atoms with van der Waals surface area (Å²) < 4.78 is 1.83. The molecule has 2 aliphatic rings. The number of rotatable bonds is 5. The van der Waals surface area contributed by atoms with Crippen LogP contribution in [-0.2, 0) is 14.4 Å². The topological polar surface area (TPSA) is 87.0 Å². The van der Waals surface area contributed by atoms with Crippen LogP contribution < -0.4 is 10.2 Å². The monoisotopic (exact) mass is 367 g/mol. The molecule has 1 atom stereocenters. The molecule has 3 heterocycles. The first-order valence-electron chi connectivity index (χ1n) is 9.04. The van der Waals surface area contributed by atoms with E-state index in [0.29, 0.717) is 18.9 Å². The summed E-state index contributed by atoms with van der Waals surface area (Å²) in [5, 5.41) is 2.88. The zero-order valence-electron chi connectivity index (χ0n) is 14.9. The summed E-state index contributed by atoms with van der Waals surface area (Å²) >= 11 is 0. The van der Waals surface area contributed by atoms with Gasteiger partial charge < -0.3 is 14.6 Å². The van der Waals surface area contributed by atoms with Crippen molar-refractivity contribution in [1.29, 1.82) is 0 Å². The number of hydrogen-bond donors (Lipinski definition) is 1. The summed E-state index contributed by atoms with van der Waals surface area (Å²) in [7, 11) is 0. The fourth-order valence-electron chi connectivity index (χ4n) is 3.33. The predicted molar refractivity (Wildman–Crippen MR) is 99.0 cm³/mol. The molecule has 2 aromatic rings. The van der Waals surface area contributed by atoms with Crippen molar-refractivity contribution >= 4 is 29.2 Å². The van der Waals surface area contributed by atoms with Crippen molar-refractivity contribution in [3.05, 3.63) is 43.2 Å². The van der Waals surface area contributed by atoms with Crippen LogP contribution in [0.1, 0.15) is 19.3 Å². The Hall–Kier alpha value is -3.16. The van der Waals surface area contributed by atoms with Gasteiger partial charge in [-0.25, -0.2) is 4.98 Å². The first kappa shape index (κ1) is 17.3. The van der Waals surface area contributed by atoms with Crippen LogP contribution in [-0.4, -0.2) is 57.2 Å². The summed E-state index contributed by atoms with van der Waals surface area (Å²) in [6.07, 6.45) is 6.69. The highest BCUT2D eigenvalue weighted by molar-refractivity contribution is 6.03. The van der Waals surface area contributed by atoms with Gasteiger partial charge in [0.05, 0.1) is 12.6 Å². The molecule has 1 unspecified atom stereocenters. The van der Waals surface area contributed by atoms with Crippen LogP contribution in [0.5, 0.6) is 0 Å². The fraction of sp³-hybridized carbons (Fsp3) is 0.368. The molecule has 2 fully saturated rings. The Morgan fingerprint density at radius 1 is 1.30 bits per heavy atom. The molecule has 2 aromatic heterocycles. The minimum absolute atomic E-state index is 0.0568. The highest BCUT2D eigenvalue weighted by Crippen LogP contribution is 2.23. The number of pyridine rings is 1. The van der Waals surface area contributed by atoms with Gasteiger partial charge in [0.25, 0.3) is 5.91 Å². The molecule has 27 heavy (non-hydrogen) atoms. The van der Waals surface area contributed by atoms with Crippen LogP contribution in [0.2, 0.25) is 0 Å². The molecule has 3 amide bonds. The van der Waals surface area contributed by atoms with Gasteiger partial charge in [0.1, 0.15) is 11.7 Å². The zero-order valence-corrected chi connectivity index (χ0v) is 14.9. The van der Waals surface area contributed by atoms with Crippen molar-refractivity contribution in [2.45, 2.75) is 31.3 Å². The standard InChI is InChI=1S/C19H21N5O3/c1-2-18(26)23-9-10-24(16-12-22-8-4-3-5-15(22)21-16)19(27)14(23)11-17(25)20-13-6-7-13/h2-5,8,12-14H,1,6-7,9-11H2,(H,20,25). The van der Waals surface area contributed by atoms with Gasteiger partial charge >= 0.3 is 0 Å². The molecule has 1 N–H and O–H groups in total. The van der Waals surface area contributed by atoms with E-state index in [1.165, 1.54) is 11.0 Å². The van der Waals surface area contributed by atoms with Crippen LogP contribution in [0.25, 0.3) is 5.65 Å². The summed E-state index contributed by atoms with van der Waals surface area (Å²) in [5.41, 5.74) is 0.730. The van der Waals surface area contributed by atoms with E-state index in [9.17, 15) is 14.4 Å². The quantitative estimate of drug-likeness (QED) is 0.790. The van der Waals surface area contributed by atoms with E-state index in [4.69, 9.17) is 0 Å². The average Bonchev–Trinajstić information content (AvgIpc) is 3.37. The molecule has 1 saturated carbocycles. The third-order valence-corrected chi connectivity index (χ3v) is 4.90. The van der Waals surface area contributed by atoms with Crippen LogP contribution in [0.15, 0.2) is 43.2 Å². The Kier molecular flexibility index (Phi) is 4.39. The molecule has 4 rings (SSSR count). The summed E-state index contributed by atoms with van der Waals surface area (Å²) in [6, 6.07) is 4.96. The van der Waals surface area contributed by atoms with Gasteiger partial charge in [-0.3, -0.25) is 19.3 Å². The second-order valence-corrected chi connectivity index (χ2v) is 6.85. The van der Waals surface area contributed by atoms with Crippen LogP contribution in [0.3, 0.4) is 0 Å². The molecule has 8 heteroatoms. The van der Waals surface area contributed by atoms with Crippen molar-refractivity contribution in [2.75, 3.05) is 18.0 Å². The number of piperazine rings is 1. The number of aromatic nitrogens is 2. The third kappa shape index (κ3) is 3.42. The lowest BCUT2D eigenvalue weighted by atomic mass is 10.1. The molecule has 140 valence electrons. The Morgan fingerprint density at radius 3 is 2.81 bits per heavy atom. The molecule has 0 radical (unpaired) electrons. The number of anilines is 1. The number of nitrogens with zero attached hydrogens (tertiary/aromatic N) is 4. The minimum Gasteiger partial charge on any atom is -0.353 e. The lowest BCUT2D eigenvalue weighted by Crippen LogP contribution is -2.59. The lowest BCUT2D eigenvalue weighted by Gasteiger charge is -2.39. The lowest BCUT2D eigenvalue weighted by molar-refractivity contribution is -0.140. The van der Waals surface area contributed by atoms with Gasteiger partial charge in [0.2, 0.25) is 11.8 Å². The van der Waals surface area contributed by atoms with Crippen LogP contribution >= 0.6 is 0 Å². The highest BCUT2D eigenvalue weighted by atomic mass is 16.2. The Labute approximate surface area is 156 Å². The number of carbonyl (C=O) groups is 3. The molecular weight excluding hydrogens is 346 g/mol. The van der Waals surface area contributed by atoms with Gasteiger partial charge in [0.15, 0.2) is 5.82 Å². The Morgan fingerprint density at radius 2 is 2.11 bits per heavy atom. The maximum Gasteiger partial charge on any atom is 0.251 e. The number of imidazole rings is 1. The number of carbonyl (C=O) groups excluding carboxylic acids is 3. The van der Waals surface area contributed by atoms with Crippen molar-refractivity contribution in [3.63, 3.8) is 0 Å². The maximum absolute atomic E-state index is 13.1. The Bertz CT molecular complexity index is 884. The number of hydrogen-bond acceptors (Lipinski definition) is 4. The van der Waals surface area contributed by atoms with Gasteiger partial charge in [0, 0.05) is 25.3 Å². The SMILES string of the molecule is C=CC(=O)N1CCN(c2cn3ccccc3n2)C(=O)C1CC(=O)NC1CC1. The third-order valence-electron chi connectivity index (χ3n) is 4.90. The molecule has 1 aliphatic heterocycles. The van der Waals surface area contributed by atoms with E-state index in [2.05, 4.69) is 16.9 Å². The predicted octanol–water partition coefficient (Wildman–Crippen LogP) is 0.733. The molecule has 0 aromatic carbocycles.